The predicted molar refractivity (Wildman–Crippen MR) is 70.3 cm³/mol. The lowest BCUT2D eigenvalue weighted by Crippen LogP contribution is -2.59. The van der Waals surface area contributed by atoms with Crippen LogP contribution in [0, 0.1) is 5.92 Å². The molecule has 0 amide bonds. The van der Waals surface area contributed by atoms with Crippen LogP contribution in [0.3, 0.4) is 0 Å². The fourth-order valence-corrected chi connectivity index (χ4v) is 2.00. The standard InChI is InChI=1S/C13H26N2O3/c1-5-18-12(16)11-8-14-6-7-15(11)9-13(4,17)10(2)3/h10-11,14,17H,5-9H2,1-4H3. The first-order valence-corrected chi connectivity index (χ1v) is 6.72. The molecule has 2 N–H and O–H groups in total. The number of hydrogen-bond donors (Lipinski definition) is 2. The molecular formula is C13H26N2O3. The summed E-state index contributed by atoms with van der Waals surface area (Å²) in [6.45, 7) is 10.7. The maximum atomic E-state index is 11.9. The van der Waals surface area contributed by atoms with E-state index in [0.29, 0.717) is 19.7 Å². The fourth-order valence-electron chi connectivity index (χ4n) is 2.00. The van der Waals surface area contributed by atoms with Crippen molar-refractivity contribution in [1.82, 2.24) is 10.2 Å². The van der Waals surface area contributed by atoms with Crippen molar-refractivity contribution in [3.63, 3.8) is 0 Å². The number of aliphatic hydroxyl groups is 1. The largest absolute Gasteiger partial charge is 0.465 e. The molecule has 0 saturated carbocycles. The van der Waals surface area contributed by atoms with Crippen molar-refractivity contribution in [2.24, 2.45) is 5.92 Å². The molecule has 0 radical (unpaired) electrons. The summed E-state index contributed by atoms with van der Waals surface area (Å²) in [6.07, 6.45) is 0. The molecule has 0 aromatic heterocycles. The van der Waals surface area contributed by atoms with E-state index < -0.39 is 5.60 Å². The Morgan fingerprint density at radius 1 is 1.61 bits per heavy atom. The lowest BCUT2D eigenvalue weighted by Gasteiger charge is -2.40. The minimum absolute atomic E-state index is 0.148. The zero-order valence-corrected chi connectivity index (χ0v) is 11.9. The van der Waals surface area contributed by atoms with Crippen LogP contribution in [0.2, 0.25) is 0 Å². The number of piperazine rings is 1. The van der Waals surface area contributed by atoms with Crippen LogP contribution in [0.5, 0.6) is 0 Å². The van der Waals surface area contributed by atoms with Gasteiger partial charge in [-0.1, -0.05) is 13.8 Å². The van der Waals surface area contributed by atoms with Crippen molar-refractivity contribution < 1.29 is 14.6 Å². The molecule has 1 rings (SSSR count). The number of ether oxygens (including phenoxy) is 1. The number of nitrogens with zero attached hydrogens (tertiary/aromatic N) is 1. The Hall–Kier alpha value is -0.650. The second-order valence-corrected chi connectivity index (χ2v) is 5.45. The maximum Gasteiger partial charge on any atom is 0.324 e. The molecule has 1 aliphatic heterocycles. The quantitative estimate of drug-likeness (QED) is 0.691. The third-order valence-electron chi connectivity index (χ3n) is 3.68. The number of β-amino-alcohol motifs (C(OH)–C–C–N with tert-alkyl or cyclic N) is 1. The summed E-state index contributed by atoms with van der Waals surface area (Å²) >= 11 is 0. The van der Waals surface area contributed by atoms with Crippen LogP contribution in [-0.4, -0.2) is 60.4 Å². The number of rotatable bonds is 5. The number of carbonyl (C=O) groups is 1. The van der Waals surface area contributed by atoms with Gasteiger partial charge in [0.05, 0.1) is 12.2 Å². The molecule has 1 saturated heterocycles. The van der Waals surface area contributed by atoms with E-state index in [-0.39, 0.29) is 17.9 Å². The zero-order valence-electron chi connectivity index (χ0n) is 11.9. The number of carbonyl (C=O) groups excluding carboxylic acids is 1. The van der Waals surface area contributed by atoms with E-state index in [2.05, 4.69) is 5.32 Å². The van der Waals surface area contributed by atoms with E-state index in [0.717, 1.165) is 13.1 Å². The third-order valence-corrected chi connectivity index (χ3v) is 3.68. The molecule has 0 spiro atoms. The van der Waals surface area contributed by atoms with Crippen molar-refractivity contribution in [3.05, 3.63) is 0 Å². The summed E-state index contributed by atoms with van der Waals surface area (Å²) in [5.41, 5.74) is -0.790. The lowest BCUT2D eigenvalue weighted by molar-refractivity contribution is -0.152. The Labute approximate surface area is 109 Å². The second kappa shape index (κ2) is 6.50. The van der Waals surface area contributed by atoms with Gasteiger partial charge in [0.1, 0.15) is 6.04 Å². The zero-order chi connectivity index (χ0) is 13.8. The molecule has 18 heavy (non-hydrogen) atoms. The van der Waals surface area contributed by atoms with E-state index in [9.17, 15) is 9.90 Å². The van der Waals surface area contributed by atoms with Gasteiger partial charge in [-0.3, -0.25) is 9.69 Å². The van der Waals surface area contributed by atoms with Crippen molar-refractivity contribution in [2.45, 2.75) is 39.3 Å². The fraction of sp³-hybridized carbons (Fsp3) is 0.923. The van der Waals surface area contributed by atoms with Gasteiger partial charge in [0, 0.05) is 26.2 Å². The van der Waals surface area contributed by atoms with E-state index >= 15 is 0 Å². The molecule has 1 aliphatic rings. The van der Waals surface area contributed by atoms with E-state index in [1.165, 1.54) is 0 Å². The molecule has 106 valence electrons. The Balaban J connectivity index is 2.68. The van der Waals surface area contributed by atoms with Crippen LogP contribution in [0.25, 0.3) is 0 Å². The summed E-state index contributed by atoms with van der Waals surface area (Å²) in [6, 6.07) is -0.288. The van der Waals surface area contributed by atoms with Crippen LogP contribution in [0.15, 0.2) is 0 Å². The highest BCUT2D eigenvalue weighted by molar-refractivity contribution is 5.76. The first-order chi connectivity index (χ1) is 8.38. The van der Waals surface area contributed by atoms with Crippen LogP contribution >= 0.6 is 0 Å². The summed E-state index contributed by atoms with van der Waals surface area (Å²) in [5.74, 6) is -0.0560. The topological polar surface area (TPSA) is 61.8 Å². The summed E-state index contributed by atoms with van der Waals surface area (Å²) in [4.78, 5) is 13.9. The van der Waals surface area contributed by atoms with Crippen LogP contribution in [-0.2, 0) is 9.53 Å². The van der Waals surface area contributed by atoms with Gasteiger partial charge < -0.3 is 15.2 Å². The van der Waals surface area contributed by atoms with Gasteiger partial charge in [-0.25, -0.2) is 0 Å². The van der Waals surface area contributed by atoms with Gasteiger partial charge in [-0.2, -0.15) is 0 Å². The Morgan fingerprint density at radius 3 is 2.83 bits per heavy atom. The summed E-state index contributed by atoms with van der Waals surface area (Å²) in [7, 11) is 0. The van der Waals surface area contributed by atoms with E-state index in [1.54, 1.807) is 0 Å². The van der Waals surface area contributed by atoms with Gasteiger partial charge >= 0.3 is 5.97 Å². The molecule has 1 fully saturated rings. The Morgan fingerprint density at radius 2 is 2.28 bits per heavy atom. The van der Waals surface area contributed by atoms with Gasteiger partial charge in [0.2, 0.25) is 0 Å². The van der Waals surface area contributed by atoms with Crippen molar-refractivity contribution in [2.75, 3.05) is 32.8 Å². The third kappa shape index (κ3) is 3.93. The Kier molecular flexibility index (Phi) is 5.56. The molecule has 0 aromatic carbocycles. The first-order valence-electron chi connectivity index (χ1n) is 6.72. The number of nitrogens with one attached hydrogen (secondary N) is 1. The van der Waals surface area contributed by atoms with Crippen molar-refractivity contribution in [3.8, 4) is 0 Å². The molecule has 5 heteroatoms. The van der Waals surface area contributed by atoms with Crippen LogP contribution in [0.4, 0.5) is 0 Å². The number of esters is 1. The van der Waals surface area contributed by atoms with E-state index in [1.807, 2.05) is 32.6 Å². The second-order valence-electron chi connectivity index (χ2n) is 5.45. The monoisotopic (exact) mass is 258 g/mol. The van der Waals surface area contributed by atoms with Crippen LogP contribution in [0.1, 0.15) is 27.7 Å². The molecule has 0 aliphatic carbocycles. The van der Waals surface area contributed by atoms with Gasteiger partial charge in [-0.05, 0) is 19.8 Å². The highest BCUT2D eigenvalue weighted by Gasteiger charge is 2.35. The minimum atomic E-state index is -0.790. The van der Waals surface area contributed by atoms with Crippen molar-refractivity contribution >= 4 is 5.97 Å². The smallest absolute Gasteiger partial charge is 0.324 e. The van der Waals surface area contributed by atoms with Crippen molar-refractivity contribution in [1.29, 1.82) is 0 Å². The first kappa shape index (κ1) is 15.4. The highest BCUT2D eigenvalue weighted by atomic mass is 16.5. The number of hydrogen-bond acceptors (Lipinski definition) is 5. The molecule has 2 atom stereocenters. The molecular weight excluding hydrogens is 232 g/mol. The van der Waals surface area contributed by atoms with Gasteiger partial charge in [0.15, 0.2) is 0 Å². The molecule has 1 heterocycles. The van der Waals surface area contributed by atoms with Gasteiger partial charge in [-0.15, -0.1) is 0 Å². The molecule has 0 bridgehead atoms. The molecule has 5 nitrogen and oxygen atoms in total. The lowest BCUT2D eigenvalue weighted by atomic mass is 9.91. The minimum Gasteiger partial charge on any atom is -0.465 e. The maximum absolute atomic E-state index is 11.9. The van der Waals surface area contributed by atoms with E-state index in [4.69, 9.17) is 4.74 Å². The summed E-state index contributed by atoms with van der Waals surface area (Å²) < 4.78 is 5.08. The SMILES string of the molecule is CCOC(=O)C1CNCCN1CC(C)(O)C(C)C. The molecule has 0 aromatic rings. The van der Waals surface area contributed by atoms with Gasteiger partial charge in [0.25, 0.3) is 0 Å². The molecule has 2 unspecified atom stereocenters. The average Bonchev–Trinajstić information content (AvgIpc) is 2.29. The average molecular weight is 258 g/mol. The predicted octanol–water partition coefficient (Wildman–Crippen LogP) is 0.230. The Bertz CT molecular complexity index is 279. The summed E-state index contributed by atoms with van der Waals surface area (Å²) in [5, 5.41) is 13.6. The highest BCUT2D eigenvalue weighted by Crippen LogP contribution is 2.19. The van der Waals surface area contributed by atoms with Crippen LogP contribution < -0.4 is 5.32 Å². The normalized spacial score (nSPS) is 24.9.